The Morgan fingerprint density at radius 2 is 1.79 bits per heavy atom. The number of rotatable bonds is 8. The van der Waals surface area contributed by atoms with E-state index in [0.29, 0.717) is 16.9 Å². The van der Waals surface area contributed by atoms with Gasteiger partial charge in [-0.15, -0.1) is 0 Å². The van der Waals surface area contributed by atoms with Crippen LogP contribution in [0, 0.1) is 0 Å². The van der Waals surface area contributed by atoms with Crippen molar-refractivity contribution in [3.05, 3.63) is 48.3 Å². The van der Waals surface area contributed by atoms with E-state index in [9.17, 15) is 26.4 Å². The van der Waals surface area contributed by atoms with Crippen LogP contribution in [0.5, 0.6) is 0 Å². The van der Waals surface area contributed by atoms with Crippen molar-refractivity contribution >= 4 is 38.3 Å². The Hall–Kier alpha value is -3.12. The van der Waals surface area contributed by atoms with E-state index < -0.39 is 22.7 Å². The maximum absolute atomic E-state index is 12.5. The maximum atomic E-state index is 12.5. The molecule has 0 saturated carbocycles. The number of alkyl halides is 3. The lowest BCUT2D eigenvalue weighted by Gasteiger charge is -2.14. The summed E-state index contributed by atoms with van der Waals surface area (Å²) in [5.74, 6) is 0.183. The summed E-state index contributed by atoms with van der Waals surface area (Å²) in [7, 11) is 1.04. The number of hydrogen-bond donors (Lipinski definition) is 2. The largest absolute Gasteiger partial charge is 0.405 e. The van der Waals surface area contributed by atoms with Crippen molar-refractivity contribution in [1.29, 1.82) is 0 Å². The Morgan fingerprint density at radius 1 is 1.12 bits per heavy atom. The lowest BCUT2D eigenvalue weighted by molar-refractivity contribution is -0.116. The fourth-order valence-corrected chi connectivity index (χ4v) is 4.13. The molecule has 1 aromatic heterocycles. The Morgan fingerprint density at radius 3 is 2.42 bits per heavy atom. The third-order valence-corrected chi connectivity index (χ3v) is 6.79. The van der Waals surface area contributed by atoms with Crippen molar-refractivity contribution in [3.63, 3.8) is 0 Å². The van der Waals surface area contributed by atoms with Crippen LogP contribution in [-0.2, 0) is 28.3 Å². The highest BCUT2D eigenvalue weighted by Gasteiger charge is 2.27. The Kier molecular flexibility index (Phi) is 6.98. The van der Waals surface area contributed by atoms with Gasteiger partial charge in [-0.1, -0.05) is 12.1 Å². The van der Waals surface area contributed by atoms with E-state index in [2.05, 4.69) is 15.6 Å². The van der Waals surface area contributed by atoms with Crippen LogP contribution in [0.2, 0.25) is 0 Å². The number of hydrogen-bond acceptors (Lipinski definition) is 5. The standard InChI is InChI=1S/C21H24F3N5O3S/c1-28(2)33(31,32)14-8-9-18-17(12-14)26-19(29(18)3)10-11-20(30)27-16-7-5-4-6-15(16)25-13-21(22,23)24/h4-9,12,25H,10-11,13H2,1-3H3,(H,27,30). The molecule has 178 valence electrons. The fraction of sp³-hybridized carbons (Fsp3) is 0.333. The summed E-state index contributed by atoms with van der Waals surface area (Å²) in [4.78, 5) is 17.0. The number of anilines is 2. The van der Waals surface area contributed by atoms with Gasteiger partial charge in [-0.05, 0) is 30.3 Å². The monoisotopic (exact) mass is 483 g/mol. The number of nitrogens with one attached hydrogen (secondary N) is 2. The lowest BCUT2D eigenvalue weighted by Crippen LogP contribution is -2.22. The van der Waals surface area contributed by atoms with E-state index in [1.54, 1.807) is 29.8 Å². The van der Waals surface area contributed by atoms with Gasteiger partial charge in [-0.3, -0.25) is 4.79 Å². The fourth-order valence-electron chi connectivity index (χ4n) is 3.20. The molecule has 0 aliphatic rings. The number of nitrogens with zero attached hydrogens (tertiary/aromatic N) is 3. The predicted octanol–water partition coefficient (Wildman–Crippen LogP) is 3.37. The number of benzene rings is 2. The minimum absolute atomic E-state index is 0.0353. The van der Waals surface area contributed by atoms with E-state index in [-0.39, 0.29) is 35.0 Å². The van der Waals surface area contributed by atoms with Gasteiger partial charge in [0.25, 0.3) is 0 Å². The molecule has 0 radical (unpaired) electrons. The molecule has 8 nitrogen and oxygen atoms in total. The van der Waals surface area contributed by atoms with E-state index >= 15 is 0 Å². The van der Waals surface area contributed by atoms with Crippen LogP contribution in [0.1, 0.15) is 12.2 Å². The van der Waals surface area contributed by atoms with E-state index in [4.69, 9.17) is 0 Å². The quantitative estimate of drug-likeness (QED) is 0.512. The number of carbonyl (C=O) groups is 1. The molecule has 0 unspecified atom stereocenters. The molecule has 0 saturated heterocycles. The van der Waals surface area contributed by atoms with Crippen molar-refractivity contribution in [3.8, 4) is 0 Å². The lowest BCUT2D eigenvalue weighted by atomic mass is 10.2. The average Bonchev–Trinajstić information content (AvgIpc) is 3.06. The first kappa shape index (κ1) is 24.5. The van der Waals surface area contributed by atoms with Gasteiger partial charge in [0.15, 0.2) is 0 Å². The van der Waals surface area contributed by atoms with Gasteiger partial charge >= 0.3 is 6.18 Å². The molecule has 3 rings (SSSR count). The molecule has 3 aromatic rings. The summed E-state index contributed by atoms with van der Waals surface area (Å²) < 4.78 is 65.1. The van der Waals surface area contributed by atoms with Crippen molar-refractivity contribution in [2.75, 3.05) is 31.3 Å². The number of aromatic nitrogens is 2. The van der Waals surface area contributed by atoms with Gasteiger partial charge in [-0.2, -0.15) is 13.2 Å². The molecule has 1 amide bonds. The number of imidazole rings is 1. The highest BCUT2D eigenvalue weighted by atomic mass is 32.2. The van der Waals surface area contributed by atoms with Crippen molar-refractivity contribution in [1.82, 2.24) is 13.9 Å². The third-order valence-electron chi connectivity index (χ3n) is 4.98. The normalized spacial score (nSPS) is 12.3. The topological polar surface area (TPSA) is 96.3 Å². The van der Waals surface area contributed by atoms with E-state index in [1.165, 1.54) is 38.4 Å². The summed E-state index contributed by atoms with van der Waals surface area (Å²) >= 11 is 0. The van der Waals surface area contributed by atoms with Crippen LogP contribution >= 0.6 is 0 Å². The first-order valence-electron chi connectivity index (χ1n) is 9.96. The second kappa shape index (κ2) is 9.40. The van der Waals surface area contributed by atoms with Crippen LogP contribution in [0.15, 0.2) is 47.4 Å². The van der Waals surface area contributed by atoms with Crippen LogP contribution in [0.4, 0.5) is 24.5 Å². The SMILES string of the molecule is CN(C)S(=O)(=O)c1ccc2c(c1)nc(CCC(=O)Nc1ccccc1NCC(F)(F)F)n2C. The smallest absolute Gasteiger partial charge is 0.375 e. The summed E-state index contributed by atoms with van der Waals surface area (Å²) in [6.45, 7) is -1.22. The number of amides is 1. The minimum atomic E-state index is -4.39. The van der Waals surface area contributed by atoms with Crippen LogP contribution in [0.25, 0.3) is 11.0 Å². The number of para-hydroxylation sites is 2. The summed E-state index contributed by atoms with van der Waals surface area (Å²) in [6.07, 6.45) is -4.10. The van der Waals surface area contributed by atoms with Crippen LogP contribution in [-0.4, -0.2) is 55.0 Å². The van der Waals surface area contributed by atoms with Crippen molar-refractivity contribution in [2.45, 2.75) is 23.9 Å². The summed E-state index contributed by atoms with van der Waals surface area (Å²) in [5, 5.41) is 4.90. The van der Waals surface area contributed by atoms with Crippen LogP contribution in [0.3, 0.4) is 0 Å². The number of sulfonamides is 1. The Bertz CT molecular complexity index is 1270. The highest BCUT2D eigenvalue weighted by molar-refractivity contribution is 7.89. The highest BCUT2D eigenvalue weighted by Crippen LogP contribution is 2.25. The van der Waals surface area contributed by atoms with Gasteiger partial charge in [0.2, 0.25) is 15.9 Å². The van der Waals surface area contributed by atoms with Crippen LogP contribution < -0.4 is 10.6 Å². The van der Waals surface area contributed by atoms with Gasteiger partial charge in [0.1, 0.15) is 12.4 Å². The van der Waals surface area contributed by atoms with Crippen molar-refractivity contribution in [2.24, 2.45) is 7.05 Å². The molecule has 1 heterocycles. The maximum Gasteiger partial charge on any atom is 0.405 e. The first-order valence-corrected chi connectivity index (χ1v) is 11.4. The molecule has 0 aliphatic heterocycles. The van der Waals surface area contributed by atoms with Gasteiger partial charge in [-0.25, -0.2) is 17.7 Å². The molecule has 0 bridgehead atoms. The van der Waals surface area contributed by atoms with Crippen molar-refractivity contribution < 1.29 is 26.4 Å². The molecule has 2 aromatic carbocycles. The molecule has 0 fully saturated rings. The minimum Gasteiger partial charge on any atom is -0.375 e. The molecule has 2 N–H and O–H groups in total. The molecule has 33 heavy (non-hydrogen) atoms. The molecule has 0 aliphatic carbocycles. The first-order chi connectivity index (χ1) is 15.4. The number of aryl methyl sites for hydroxylation is 2. The average molecular weight is 484 g/mol. The molecule has 0 atom stereocenters. The van der Waals surface area contributed by atoms with Gasteiger partial charge < -0.3 is 15.2 Å². The third kappa shape index (κ3) is 5.82. The van der Waals surface area contributed by atoms with E-state index in [1.807, 2.05) is 0 Å². The second-order valence-electron chi connectivity index (χ2n) is 7.59. The summed E-state index contributed by atoms with van der Waals surface area (Å²) in [5.41, 5.74) is 1.61. The second-order valence-corrected chi connectivity index (χ2v) is 9.74. The van der Waals surface area contributed by atoms with Gasteiger partial charge in [0.05, 0.1) is 27.3 Å². The molecular weight excluding hydrogens is 459 g/mol. The zero-order valence-corrected chi connectivity index (χ0v) is 19.1. The summed E-state index contributed by atoms with van der Waals surface area (Å²) in [6, 6.07) is 10.8. The zero-order valence-electron chi connectivity index (χ0n) is 18.3. The number of halogens is 3. The molecular formula is C21H24F3N5O3S. The predicted molar refractivity (Wildman–Crippen MR) is 120 cm³/mol. The van der Waals surface area contributed by atoms with Gasteiger partial charge in [0, 0.05) is 34.0 Å². The Balaban J connectivity index is 1.71. The molecule has 12 heteroatoms. The zero-order chi connectivity index (χ0) is 24.4. The van der Waals surface area contributed by atoms with E-state index in [0.717, 1.165) is 4.31 Å². The Labute approximate surface area is 189 Å². The molecule has 0 spiro atoms. The number of fused-ring (bicyclic) bond motifs is 1. The number of carbonyl (C=O) groups excluding carboxylic acids is 1.